The van der Waals surface area contributed by atoms with Gasteiger partial charge in [0, 0.05) is 7.05 Å². The fourth-order valence-electron chi connectivity index (χ4n) is 1.68. The molecule has 1 aliphatic rings. The number of hydrogen-bond acceptors (Lipinski definition) is 3. The lowest BCUT2D eigenvalue weighted by atomic mass is 10.0. The zero-order valence-corrected chi connectivity index (χ0v) is 10.0. The minimum absolute atomic E-state index is 0.169. The van der Waals surface area contributed by atoms with E-state index in [1.165, 1.54) is 25.2 Å². The first kappa shape index (κ1) is 12.9. The van der Waals surface area contributed by atoms with E-state index in [9.17, 15) is 22.8 Å². The summed E-state index contributed by atoms with van der Waals surface area (Å²) >= 11 is 0.603. The highest BCUT2D eigenvalue weighted by Gasteiger charge is 2.43. The van der Waals surface area contributed by atoms with Gasteiger partial charge in [-0.15, -0.1) is 0 Å². The highest BCUT2D eigenvalue weighted by Crippen LogP contribution is 2.43. The summed E-state index contributed by atoms with van der Waals surface area (Å²) in [7, 11) is 1.26. The van der Waals surface area contributed by atoms with Crippen LogP contribution in [0.5, 0.6) is 0 Å². The minimum Gasteiger partial charge on any atom is -0.275 e. The van der Waals surface area contributed by atoms with E-state index < -0.39 is 28.1 Å². The van der Waals surface area contributed by atoms with E-state index in [1.54, 1.807) is 0 Å². The molecule has 1 unspecified atom stereocenters. The van der Waals surface area contributed by atoms with Crippen LogP contribution in [0, 0.1) is 0 Å². The average Bonchev–Trinajstić information content (AvgIpc) is 2.56. The Morgan fingerprint density at radius 2 is 1.83 bits per heavy atom. The van der Waals surface area contributed by atoms with Crippen molar-refractivity contribution in [3.63, 3.8) is 0 Å². The molecule has 0 spiro atoms. The van der Waals surface area contributed by atoms with Gasteiger partial charge in [-0.2, -0.15) is 13.2 Å². The zero-order chi connectivity index (χ0) is 13.5. The van der Waals surface area contributed by atoms with E-state index in [2.05, 4.69) is 0 Å². The summed E-state index contributed by atoms with van der Waals surface area (Å²) in [6.07, 6.45) is -4.54. The van der Waals surface area contributed by atoms with Gasteiger partial charge in [-0.1, -0.05) is 18.2 Å². The SMILES string of the molecule is CN1C(=O)SC(c2ccccc2C(F)(F)F)C1=O. The van der Waals surface area contributed by atoms with Gasteiger partial charge in [0.05, 0.1) is 5.56 Å². The maximum absolute atomic E-state index is 12.8. The van der Waals surface area contributed by atoms with E-state index in [-0.39, 0.29) is 5.56 Å². The van der Waals surface area contributed by atoms with Gasteiger partial charge in [0.15, 0.2) is 0 Å². The third kappa shape index (κ3) is 2.10. The van der Waals surface area contributed by atoms with Crippen LogP contribution >= 0.6 is 11.8 Å². The van der Waals surface area contributed by atoms with E-state index in [1.807, 2.05) is 0 Å². The van der Waals surface area contributed by atoms with Crippen molar-refractivity contribution in [2.75, 3.05) is 7.05 Å². The number of carbonyl (C=O) groups excluding carboxylic acids is 2. The Labute approximate surface area is 105 Å². The van der Waals surface area contributed by atoms with Gasteiger partial charge in [0.1, 0.15) is 5.25 Å². The summed E-state index contributed by atoms with van der Waals surface area (Å²) in [6, 6.07) is 4.81. The van der Waals surface area contributed by atoms with Crippen LogP contribution in [-0.2, 0) is 11.0 Å². The molecular formula is C11H8F3NO2S. The molecule has 96 valence electrons. The molecule has 1 aromatic carbocycles. The van der Waals surface area contributed by atoms with Gasteiger partial charge in [-0.25, -0.2) is 0 Å². The lowest BCUT2D eigenvalue weighted by Crippen LogP contribution is -2.25. The number of benzene rings is 1. The van der Waals surface area contributed by atoms with Crippen LogP contribution in [0.15, 0.2) is 24.3 Å². The lowest BCUT2D eigenvalue weighted by molar-refractivity contribution is -0.138. The molecule has 0 bridgehead atoms. The van der Waals surface area contributed by atoms with Crippen LogP contribution in [0.25, 0.3) is 0 Å². The molecule has 1 aliphatic heterocycles. The van der Waals surface area contributed by atoms with Crippen LogP contribution in [0.4, 0.5) is 18.0 Å². The number of alkyl halides is 3. The van der Waals surface area contributed by atoms with Crippen molar-refractivity contribution in [3.05, 3.63) is 35.4 Å². The molecule has 3 nitrogen and oxygen atoms in total. The minimum atomic E-state index is -4.54. The highest BCUT2D eigenvalue weighted by atomic mass is 32.2. The van der Waals surface area contributed by atoms with Crippen molar-refractivity contribution in [2.45, 2.75) is 11.4 Å². The number of amides is 2. The Hall–Kier alpha value is -1.50. The van der Waals surface area contributed by atoms with Gasteiger partial charge in [0.25, 0.3) is 5.24 Å². The van der Waals surface area contributed by atoms with Crippen molar-refractivity contribution in [1.29, 1.82) is 0 Å². The molecule has 1 aromatic rings. The molecule has 0 aliphatic carbocycles. The monoisotopic (exact) mass is 275 g/mol. The highest BCUT2D eigenvalue weighted by molar-refractivity contribution is 8.14. The molecule has 7 heteroatoms. The second-order valence-electron chi connectivity index (χ2n) is 3.75. The maximum atomic E-state index is 12.8. The average molecular weight is 275 g/mol. The van der Waals surface area contributed by atoms with Crippen LogP contribution in [0.2, 0.25) is 0 Å². The van der Waals surface area contributed by atoms with Gasteiger partial charge < -0.3 is 0 Å². The molecule has 18 heavy (non-hydrogen) atoms. The third-order valence-corrected chi connectivity index (χ3v) is 3.76. The Morgan fingerprint density at radius 3 is 2.33 bits per heavy atom. The number of nitrogens with zero attached hydrogens (tertiary/aromatic N) is 1. The Morgan fingerprint density at radius 1 is 1.22 bits per heavy atom. The smallest absolute Gasteiger partial charge is 0.275 e. The second kappa shape index (κ2) is 4.31. The number of thioether (sulfide) groups is 1. The van der Waals surface area contributed by atoms with E-state index in [4.69, 9.17) is 0 Å². The molecule has 0 radical (unpaired) electrons. The molecule has 1 heterocycles. The number of likely N-dealkylation sites (N-methyl/N-ethyl adjacent to an activating group) is 1. The zero-order valence-electron chi connectivity index (χ0n) is 9.19. The Balaban J connectivity index is 2.47. The molecule has 1 fully saturated rings. The largest absolute Gasteiger partial charge is 0.416 e. The standard InChI is InChI=1S/C11H8F3NO2S/c1-15-9(16)8(18-10(15)17)6-4-2-3-5-7(6)11(12,13)14/h2-5,8H,1H3. The van der Waals surface area contributed by atoms with E-state index in [0.29, 0.717) is 11.8 Å². The number of halogens is 3. The van der Waals surface area contributed by atoms with Crippen LogP contribution in [-0.4, -0.2) is 23.1 Å². The molecule has 2 rings (SSSR count). The number of hydrogen-bond donors (Lipinski definition) is 0. The normalized spacial score (nSPS) is 20.7. The van der Waals surface area contributed by atoms with Crippen molar-refractivity contribution in [2.24, 2.45) is 0 Å². The summed E-state index contributed by atoms with van der Waals surface area (Å²) in [5.41, 5.74) is -1.04. The van der Waals surface area contributed by atoms with Crippen molar-refractivity contribution in [1.82, 2.24) is 4.90 Å². The van der Waals surface area contributed by atoms with Gasteiger partial charge >= 0.3 is 6.18 Å². The first-order valence-electron chi connectivity index (χ1n) is 4.96. The van der Waals surface area contributed by atoms with Gasteiger partial charge in [0.2, 0.25) is 5.91 Å². The summed E-state index contributed by atoms with van der Waals surface area (Å²) in [4.78, 5) is 23.9. The lowest BCUT2D eigenvalue weighted by Gasteiger charge is -2.15. The number of rotatable bonds is 1. The fourth-order valence-corrected chi connectivity index (χ4v) is 2.72. The van der Waals surface area contributed by atoms with E-state index in [0.717, 1.165) is 11.0 Å². The summed E-state index contributed by atoms with van der Waals surface area (Å²) in [5.74, 6) is -0.623. The Bertz CT molecular complexity index is 515. The topological polar surface area (TPSA) is 37.4 Å². The molecule has 0 N–H and O–H groups in total. The van der Waals surface area contributed by atoms with Crippen molar-refractivity contribution < 1.29 is 22.8 Å². The van der Waals surface area contributed by atoms with Crippen molar-refractivity contribution >= 4 is 22.9 Å². The molecule has 2 amide bonds. The van der Waals surface area contributed by atoms with Crippen molar-refractivity contribution in [3.8, 4) is 0 Å². The predicted octanol–water partition coefficient (Wildman–Crippen LogP) is 3.07. The fraction of sp³-hybridized carbons (Fsp3) is 0.273. The molecular weight excluding hydrogens is 267 g/mol. The summed E-state index contributed by atoms with van der Waals surface area (Å²) in [6.45, 7) is 0. The van der Waals surface area contributed by atoms with Gasteiger partial charge in [-0.05, 0) is 23.4 Å². The van der Waals surface area contributed by atoms with Gasteiger partial charge in [-0.3, -0.25) is 14.5 Å². The summed E-state index contributed by atoms with van der Waals surface area (Å²) in [5, 5.41) is -1.65. The predicted molar refractivity (Wildman–Crippen MR) is 59.9 cm³/mol. The molecule has 1 saturated heterocycles. The molecule has 0 aromatic heterocycles. The van der Waals surface area contributed by atoms with Crippen LogP contribution in [0.3, 0.4) is 0 Å². The Kier molecular flexibility index (Phi) is 3.10. The van der Waals surface area contributed by atoms with Crippen LogP contribution in [0.1, 0.15) is 16.4 Å². The second-order valence-corrected chi connectivity index (χ2v) is 4.80. The number of imide groups is 1. The first-order valence-corrected chi connectivity index (χ1v) is 5.84. The molecule has 0 saturated carbocycles. The molecule has 1 atom stereocenters. The van der Waals surface area contributed by atoms with E-state index >= 15 is 0 Å². The number of carbonyl (C=O) groups is 2. The first-order chi connectivity index (χ1) is 8.32. The quantitative estimate of drug-likeness (QED) is 0.790. The van der Waals surface area contributed by atoms with Crippen LogP contribution < -0.4 is 0 Å². The third-order valence-electron chi connectivity index (χ3n) is 2.60. The maximum Gasteiger partial charge on any atom is 0.416 e. The summed E-state index contributed by atoms with van der Waals surface area (Å²) < 4.78 is 38.4.